The van der Waals surface area contributed by atoms with Gasteiger partial charge in [0, 0.05) is 5.54 Å². The molecule has 0 saturated heterocycles. The van der Waals surface area contributed by atoms with E-state index in [0.717, 1.165) is 25.8 Å². The van der Waals surface area contributed by atoms with Crippen molar-refractivity contribution in [2.45, 2.75) is 37.6 Å². The Morgan fingerprint density at radius 2 is 2.08 bits per heavy atom. The molecule has 0 bridgehead atoms. The fraction of sp³-hybridized carbons (Fsp3) is 0.800. The normalized spacial score (nSPS) is 21.1. The van der Waals surface area contributed by atoms with Gasteiger partial charge < -0.3 is 10.4 Å². The molecule has 0 aromatic rings. The average molecular weight is 169 g/mol. The molecule has 2 N–H and O–H groups in total. The first kappa shape index (κ1) is 9.75. The van der Waals surface area contributed by atoms with Crippen molar-refractivity contribution in [3.63, 3.8) is 0 Å². The average Bonchev–Trinajstić information content (AvgIpc) is 2.55. The van der Waals surface area contributed by atoms with E-state index < -0.39 is 0 Å². The fourth-order valence-electron chi connectivity index (χ4n) is 1.88. The van der Waals surface area contributed by atoms with Gasteiger partial charge >= 0.3 is 0 Å². The Morgan fingerprint density at radius 3 is 2.58 bits per heavy atom. The Hall–Kier alpha value is -0.340. The van der Waals surface area contributed by atoms with Crippen molar-refractivity contribution in [1.29, 1.82) is 0 Å². The van der Waals surface area contributed by atoms with Crippen molar-refractivity contribution in [1.82, 2.24) is 5.32 Å². The summed E-state index contributed by atoms with van der Waals surface area (Å²) in [6.07, 6.45) is 7.65. The minimum Gasteiger partial charge on any atom is -0.394 e. The number of hydrogen-bond donors (Lipinski definition) is 2. The lowest BCUT2D eigenvalue weighted by molar-refractivity contribution is 0.165. The van der Waals surface area contributed by atoms with Crippen LogP contribution in [0.4, 0.5) is 0 Å². The molecule has 0 unspecified atom stereocenters. The van der Waals surface area contributed by atoms with Crippen LogP contribution in [-0.2, 0) is 0 Å². The molecule has 0 heterocycles. The largest absolute Gasteiger partial charge is 0.394 e. The summed E-state index contributed by atoms with van der Waals surface area (Å²) in [5, 5.41) is 12.7. The second kappa shape index (κ2) is 4.63. The van der Waals surface area contributed by atoms with Gasteiger partial charge in [0.15, 0.2) is 0 Å². The first-order valence-corrected chi connectivity index (χ1v) is 4.80. The van der Waals surface area contributed by atoms with Crippen molar-refractivity contribution in [3.8, 4) is 0 Å². The van der Waals surface area contributed by atoms with Crippen molar-refractivity contribution < 1.29 is 5.11 Å². The molecule has 2 heteroatoms. The summed E-state index contributed by atoms with van der Waals surface area (Å²) < 4.78 is 0. The first-order chi connectivity index (χ1) is 5.83. The van der Waals surface area contributed by atoms with Crippen LogP contribution in [0, 0.1) is 0 Å². The predicted octanol–water partition coefficient (Wildman–Crippen LogP) is 1.46. The van der Waals surface area contributed by atoms with Crippen LogP contribution in [0.2, 0.25) is 0 Å². The van der Waals surface area contributed by atoms with E-state index in [1.165, 1.54) is 12.8 Å². The Morgan fingerprint density at radius 1 is 1.42 bits per heavy atom. The molecule has 0 radical (unpaired) electrons. The maximum absolute atomic E-state index is 9.23. The minimum absolute atomic E-state index is 0.0447. The Labute approximate surface area is 74.7 Å². The van der Waals surface area contributed by atoms with Gasteiger partial charge in [-0.2, -0.15) is 0 Å². The van der Waals surface area contributed by atoms with Gasteiger partial charge in [-0.3, -0.25) is 0 Å². The van der Waals surface area contributed by atoms with Crippen LogP contribution in [-0.4, -0.2) is 23.8 Å². The second-order valence-corrected chi connectivity index (χ2v) is 3.65. The SMILES string of the molecule is C=CCCNC1(CO)CCCC1. The van der Waals surface area contributed by atoms with Gasteiger partial charge in [-0.1, -0.05) is 18.9 Å². The Balaban J connectivity index is 2.28. The van der Waals surface area contributed by atoms with Crippen LogP contribution >= 0.6 is 0 Å². The summed E-state index contributed by atoms with van der Waals surface area (Å²) in [6, 6.07) is 0. The van der Waals surface area contributed by atoms with E-state index in [-0.39, 0.29) is 12.1 Å². The summed E-state index contributed by atoms with van der Waals surface area (Å²) in [6.45, 7) is 4.90. The molecule has 70 valence electrons. The molecule has 1 fully saturated rings. The fourth-order valence-corrected chi connectivity index (χ4v) is 1.88. The summed E-state index contributed by atoms with van der Waals surface area (Å²) in [7, 11) is 0. The molecule has 0 atom stereocenters. The van der Waals surface area contributed by atoms with Gasteiger partial charge in [-0.15, -0.1) is 6.58 Å². The summed E-state index contributed by atoms with van der Waals surface area (Å²) >= 11 is 0. The molecule has 1 aliphatic rings. The molecule has 1 saturated carbocycles. The first-order valence-electron chi connectivity index (χ1n) is 4.80. The van der Waals surface area contributed by atoms with E-state index in [2.05, 4.69) is 11.9 Å². The maximum Gasteiger partial charge on any atom is 0.0613 e. The summed E-state index contributed by atoms with van der Waals surface area (Å²) in [5.74, 6) is 0. The third kappa shape index (κ3) is 2.32. The Bertz CT molecular complexity index is 139. The van der Waals surface area contributed by atoms with Crippen LogP contribution in [0.15, 0.2) is 12.7 Å². The molecule has 0 spiro atoms. The molecule has 1 rings (SSSR count). The molecule has 0 aliphatic heterocycles. The van der Waals surface area contributed by atoms with Gasteiger partial charge in [0.1, 0.15) is 0 Å². The smallest absolute Gasteiger partial charge is 0.0613 e. The zero-order chi connectivity index (χ0) is 8.86. The van der Waals surface area contributed by atoms with Crippen molar-refractivity contribution >= 4 is 0 Å². The highest BCUT2D eigenvalue weighted by Gasteiger charge is 2.31. The molecule has 0 aromatic carbocycles. The zero-order valence-corrected chi connectivity index (χ0v) is 7.68. The highest BCUT2D eigenvalue weighted by molar-refractivity contribution is 4.92. The molecule has 2 nitrogen and oxygen atoms in total. The van der Waals surface area contributed by atoms with Gasteiger partial charge in [0.2, 0.25) is 0 Å². The van der Waals surface area contributed by atoms with Crippen LogP contribution in [0.25, 0.3) is 0 Å². The van der Waals surface area contributed by atoms with E-state index in [9.17, 15) is 5.11 Å². The van der Waals surface area contributed by atoms with Gasteiger partial charge in [0.25, 0.3) is 0 Å². The number of hydrogen-bond acceptors (Lipinski definition) is 2. The highest BCUT2D eigenvalue weighted by atomic mass is 16.3. The van der Waals surface area contributed by atoms with Gasteiger partial charge in [-0.25, -0.2) is 0 Å². The standard InChI is InChI=1S/C10H19NO/c1-2-3-8-11-10(9-12)6-4-5-7-10/h2,11-12H,1,3-9H2. The lowest BCUT2D eigenvalue weighted by Gasteiger charge is -2.27. The van der Waals surface area contributed by atoms with E-state index in [0.29, 0.717) is 0 Å². The number of nitrogens with one attached hydrogen (secondary N) is 1. The number of rotatable bonds is 5. The van der Waals surface area contributed by atoms with E-state index >= 15 is 0 Å². The van der Waals surface area contributed by atoms with Crippen LogP contribution < -0.4 is 5.32 Å². The molecule has 1 aliphatic carbocycles. The molecule has 12 heavy (non-hydrogen) atoms. The number of aliphatic hydroxyl groups excluding tert-OH is 1. The maximum atomic E-state index is 9.23. The quantitative estimate of drug-likeness (QED) is 0.482. The van der Waals surface area contributed by atoms with Crippen molar-refractivity contribution in [2.75, 3.05) is 13.2 Å². The van der Waals surface area contributed by atoms with E-state index in [4.69, 9.17) is 0 Å². The Kier molecular flexibility index (Phi) is 3.76. The van der Waals surface area contributed by atoms with Crippen LogP contribution in [0.5, 0.6) is 0 Å². The topological polar surface area (TPSA) is 32.3 Å². The van der Waals surface area contributed by atoms with Gasteiger partial charge in [-0.05, 0) is 25.8 Å². The van der Waals surface area contributed by atoms with Crippen LogP contribution in [0.3, 0.4) is 0 Å². The lowest BCUT2D eigenvalue weighted by Crippen LogP contribution is -2.46. The van der Waals surface area contributed by atoms with Gasteiger partial charge in [0.05, 0.1) is 6.61 Å². The van der Waals surface area contributed by atoms with E-state index in [1.54, 1.807) is 0 Å². The molecular weight excluding hydrogens is 150 g/mol. The van der Waals surface area contributed by atoms with Crippen LogP contribution in [0.1, 0.15) is 32.1 Å². The molecule has 0 amide bonds. The lowest BCUT2D eigenvalue weighted by atomic mass is 9.99. The molecular formula is C10H19NO. The number of aliphatic hydroxyl groups is 1. The third-order valence-electron chi connectivity index (χ3n) is 2.71. The predicted molar refractivity (Wildman–Crippen MR) is 51.1 cm³/mol. The molecule has 0 aromatic heterocycles. The zero-order valence-electron chi connectivity index (χ0n) is 7.68. The third-order valence-corrected chi connectivity index (χ3v) is 2.71. The van der Waals surface area contributed by atoms with E-state index in [1.807, 2.05) is 6.08 Å². The summed E-state index contributed by atoms with van der Waals surface area (Å²) in [4.78, 5) is 0. The van der Waals surface area contributed by atoms with Crippen molar-refractivity contribution in [2.24, 2.45) is 0 Å². The monoisotopic (exact) mass is 169 g/mol. The van der Waals surface area contributed by atoms with Crippen molar-refractivity contribution in [3.05, 3.63) is 12.7 Å². The second-order valence-electron chi connectivity index (χ2n) is 3.65. The highest BCUT2D eigenvalue weighted by Crippen LogP contribution is 2.28. The minimum atomic E-state index is 0.0447. The summed E-state index contributed by atoms with van der Waals surface area (Å²) in [5.41, 5.74) is 0.0447.